The van der Waals surface area contributed by atoms with Gasteiger partial charge in [-0.1, -0.05) is 41.7 Å². The number of anilines is 1. The predicted octanol–water partition coefficient (Wildman–Crippen LogP) is 2.48. The molecular weight excluding hydrogens is 449 g/mol. The van der Waals surface area contributed by atoms with Crippen LogP contribution in [0.3, 0.4) is 0 Å². The Balaban J connectivity index is 1.78. The molecule has 1 aromatic carbocycles. The molecule has 2 aromatic rings. The van der Waals surface area contributed by atoms with E-state index < -0.39 is 23.3 Å². The first-order valence-electron chi connectivity index (χ1n) is 8.19. The number of carbonyl (C=O) groups is 1. The Kier molecular flexibility index (Phi) is 6.48. The number of nitrogens with one attached hydrogen (secondary N) is 3. The van der Waals surface area contributed by atoms with Crippen molar-refractivity contribution >= 4 is 52.3 Å². The molecule has 1 aliphatic heterocycles. The maximum Gasteiger partial charge on any atom is 0.439 e. The van der Waals surface area contributed by atoms with E-state index in [2.05, 4.69) is 30.5 Å². The summed E-state index contributed by atoms with van der Waals surface area (Å²) in [7, 11) is 0. The van der Waals surface area contributed by atoms with Gasteiger partial charge in [-0.15, -0.1) is 5.10 Å². The minimum Gasteiger partial charge on any atom is -0.434 e. The second-order valence-corrected chi connectivity index (χ2v) is 7.03. The quantitative estimate of drug-likeness (QED) is 0.395. The van der Waals surface area contributed by atoms with Crippen LogP contribution < -0.4 is 21.2 Å². The van der Waals surface area contributed by atoms with Crippen molar-refractivity contribution in [2.24, 2.45) is 5.10 Å². The maximum atomic E-state index is 12.0. The number of carbonyl (C=O) groups excluding carboxylic acids is 1. The largest absolute Gasteiger partial charge is 0.439 e. The van der Waals surface area contributed by atoms with Gasteiger partial charge in [0.25, 0.3) is 5.91 Å². The van der Waals surface area contributed by atoms with Crippen molar-refractivity contribution in [1.29, 1.82) is 0 Å². The minimum absolute atomic E-state index is 0.0723. The van der Waals surface area contributed by atoms with Crippen LogP contribution in [0, 0.1) is 0 Å². The van der Waals surface area contributed by atoms with E-state index in [0.717, 1.165) is 0 Å². The highest BCUT2D eigenvalue weighted by Crippen LogP contribution is 2.36. The van der Waals surface area contributed by atoms with Crippen molar-refractivity contribution in [3.63, 3.8) is 0 Å². The van der Waals surface area contributed by atoms with Crippen LogP contribution in [0.1, 0.15) is 24.0 Å². The lowest BCUT2D eigenvalue weighted by Gasteiger charge is -2.23. The fourth-order valence-corrected chi connectivity index (χ4v) is 3.17. The smallest absolute Gasteiger partial charge is 0.434 e. The Bertz CT molecular complexity index is 1020. The third kappa shape index (κ3) is 4.91. The van der Waals surface area contributed by atoms with Crippen molar-refractivity contribution in [3.05, 3.63) is 50.2 Å². The van der Waals surface area contributed by atoms with E-state index in [-0.39, 0.29) is 33.2 Å². The molecule has 29 heavy (non-hydrogen) atoms. The Morgan fingerprint density at radius 2 is 2.10 bits per heavy atom. The fourth-order valence-electron chi connectivity index (χ4n) is 2.35. The molecule has 1 aromatic heterocycles. The molecule has 2 heterocycles. The molecular formula is C16H14Cl3N5O5. The van der Waals surface area contributed by atoms with Gasteiger partial charge in [0.05, 0.1) is 16.1 Å². The van der Waals surface area contributed by atoms with Gasteiger partial charge in [-0.05, 0) is 23.7 Å². The number of aliphatic hydroxyl groups is 1. The summed E-state index contributed by atoms with van der Waals surface area (Å²) >= 11 is 18.5. The highest BCUT2D eigenvalue weighted by Gasteiger charge is 2.24. The van der Waals surface area contributed by atoms with Gasteiger partial charge in [-0.3, -0.25) is 19.7 Å². The van der Waals surface area contributed by atoms with Crippen LogP contribution in [0.15, 0.2) is 38.2 Å². The molecule has 1 unspecified atom stereocenters. The minimum atomic E-state index is -0.864. The zero-order chi connectivity index (χ0) is 21.1. The number of nitrogens with zero attached hydrogens (tertiary/aromatic N) is 2. The second-order valence-electron chi connectivity index (χ2n) is 5.78. The zero-order valence-electron chi connectivity index (χ0n) is 14.7. The van der Waals surface area contributed by atoms with E-state index in [0.29, 0.717) is 12.0 Å². The van der Waals surface area contributed by atoms with Crippen LogP contribution in [0.4, 0.5) is 5.69 Å². The molecule has 4 N–H and O–H groups in total. The fraction of sp³-hybridized carbons (Fsp3) is 0.250. The second kappa shape index (κ2) is 8.87. The number of benzene rings is 1. The topological polar surface area (TPSA) is 142 Å². The summed E-state index contributed by atoms with van der Waals surface area (Å²) < 4.78 is 9.90. The number of amides is 1. The Labute approximate surface area is 178 Å². The molecule has 0 fully saturated rings. The van der Waals surface area contributed by atoms with Crippen LogP contribution in [-0.4, -0.2) is 38.7 Å². The lowest BCUT2D eigenvalue weighted by Crippen LogP contribution is -2.33. The predicted molar refractivity (Wildman–Crippen MR) is 107 cm³/mol. The summed E-state index contributed by atoms with van der Waals surface area (Å²) in [6.45, 7) is 1.80. The maximum absolute atomic E-state index is 12.0. The molecule has 0 radical (unpaired) electrons. The number of aromatic nitrogens is 2. The molecule has 0 bridgehead atoms. The molecule has 1 aliphatic rings. The highest BCUT2D eigenvalue weighted by molar-refractivity contribution is 6.38. The number of hydrazone groups is 1. The van der Waals surface area contributed by atoms with E-state index in [9.17, 15) is 14.7 Å². The molecule has 10 nitrogen and oxygen atoms in total. The average Bonchev–Trinajstić information content (AvgIpc) is 3.12. The van der Waals surface area contributed by atoms with Crippen molar-refractivity contribution in [2.45, 2.75) is 24.9 Å². The molecule has 2 atom stereocenters. The van der Waals surface area contributed by atoms with Crippen LogP contribution in [-0.2, 0) is 0 Å². The Hall–Kier alpha value is -2.53. The zero-order valence-corrected chi connectivity index (χ0v) is 17.0. The van der Waals surface area contributed by atoms with Gasteiger partial charge in [-0.2, -0.15) is 0 Å². The molecule has 0 saturated heterocycles. The molecule has 154 valence electrons. The molecule has 0 saturated carbocycles. The van der Waals surface area contributed by atoms with E-state index >= 15 is 0 Å². The van der Waals surface area contributed by atoms with E-state index in [4.69, 9.17) is 39.5 Å². The number of aromatic amines is 1. The number of halogens is 3. The Morgan fingerprint density at radius 1 is 1.41 bits per heavy atom. The highest BCUT2D eigenvalue weighted by atomic mass is 35.5. The molecule has 13 heteroatoms. The van der Waals surface area contributed by atoms with E-state index in [1.54, 1.807) is 6.92 Å². The number of hydrogen-bond acceptors (Lipinski definition) is 8. The van der Waals surface area contributed by atoms with Gasteiger partial charge >= 0.3 is 5.76 Å². The van der Waals surface area contributed by atoms with Gasteiger partial charge in [0.2, 0.25) is 11.7 Å². The van der Waals surface area contributed by atoms with Crippen molar-refractivity contribution in [2.75, 3.05) is 5.32 Å². The number of alkyl halides is 1. The average molecular weight is 463 g/mol. The first-order valence-corrected chi connectivity index (χ1v) is 9.38. The SMILES string of the molecule is CC[C@@H](O)C1=CC(Oc2c(Cl)cc(NC(=O)c3noc(=O)[nH]3)cc2Cl)=NNC1Cl. The summed E-state index contributed by atoms with van der Waals surface area (Å²) in [5, 5.41) is 19.9. The summed E-state index contributed by atoms with van der Waals surface area (Å²) in [6, 6.07) is 2.76. The van der Waals surface area contributed by atoms with Crippen LogP contribution in [0.2, 0.25) is 10.0 Å². The lowest BCUT2D eigenvalue weighted by atomic mass is 10.1. The van der Waals surface area contributed by atoms with Gasteiger partial charge < -0.3 is 15.2 Å². The van der Waals surface area contributed by atoms with Gasteiger partial charge in [0, 0.05) is 17.3 Å². The lowest BCUT2D eigenvalue weighted by molar-refractivity contribution is 0.101. The van der Waals surface area contributed by atoms with Crippen molar-refractivity contribution in [3.8, 4) is 5.75 Å². The number of aliphatic hydroxyl groups excluding tert-OH is 1. The third-order valence-corrected chi connectivity index (χ3v) is 4.67. The van der Waals surface area contributed by atoms with Crippen molar-refractivity contribution < 1.29 is 19.2 Å². The number of ether oxygens (including phenoxy) is 1. The first kappa shape index (κ1) is 21.2. The first-order chi connectivity index (χ1) is 13.8. The standard InChI is InChI=1S/C16H14Cl3N5O5/c1-2-10(25)7-5-11(22-23-13(7)19)28-12-8(17)3-6(4-9(12)18)20-15(26)14-21-16(27)29-24-14/h3-5,10,13,23,25H,2H2,1H3,(H,20,26)(H,21,24,27)/t10-,13?/m1/s1. The van der Waals surface area contributed by atoms with Crippen molar-refractivity contribution in [1.82, 2.24) is 15.6 Å². The molecule has 3 rings (SSSR count). The molecule has 0 spiro atoms. The van der Waals surface area contributed by atoms with E-state index in [1.165, 1.54) is 18.2 Å². The summed E-state index contributed by atoms with van der Waals surface area (Å²) in [5.74, 6) is -1.74. The number of hydrogen-bond donors (Lipinski definition) is 4. The van der Waals surface area contributed by atoms with Crippen LogP contribution >= 0.6 is 34.8 Å². The van der Waals surface area contributed by atoms with Gasteiger partial charge in [-0.25, -0.2) is 4.79 Å². The molecule has 1 amide bonds. The van der Waals surface area contributed by atoms with Crippen LogP contribution in [0.5, 0.6) is 5.75 Å². The Morgan fingerprint density at radius 3 is 2.69 bits per heavy atom. The normalized spacial score (nSPS) is 17.1. The third-order valence-electron chi connectivity index (χ3n) is 3.76. The van der Waals surface area contributed by atoms with Gasteiger partial charge in [0.1, 0.15) is 5.50 Å². The number of H-pyrrole nitrogens is 1. The van der Waals surface area contributed by atoms with Crippen LogP contribution in [0.25, 0.3) is 0 Å². The monoisotopic (exact) mass is 461 g/mol. The molecule has 0 aliphatic carbocycles. The summed E-state index contributed by atoms with van der Waals surface area (Å²) in [4.78, 5) is 25.1. The summed E-state index contributed by atoms with van der Waals surface area (Å²) in [6.07, 6.45) is 1.17. The number of rotatable bonds is 5. The van der Waals surface area contributed by atoms with Gasteiger partial charge in [0.15, 0.2) is 5.75 Å². The summed E-state index contributed by atoms with van der Waals surface area (Å²) in [5.41, 5.74) is 2.66. The van der Waals surface area contributed by atoms with E-state index in [1.807, 2.05) is 0 Å².